The summed E-state index contributed by atoms with van der Waals surface area (Å²) in [5, 5.41) is 9.49. The summed E-state index contributed by atoms with van der Waals surface area (Å²) < 4.78 is 11.6. The van der Waals surface area contributed by atoms with Crippen LogP contribution in [0.25, 0.3) is 0 Å². The summed E-state index contributed by atoms with van der Waals surface area (Å²) in [4.78, 5) is 3.70. The topological polar surface area (TPSA) is 76.2 Å². The summed E-state index contributed by atoms with van der Waals surface area (Å²) >= 11 is 0. The average Bonchev–Trinajstić information content (AvgIpc) is 1.92. The number of hydrogen-bond acceptors (Lipinski definition) is 4. The largest absolute Gasteiger partial charge is 0.506 e. The zero-order valence-electron chi connectivity index (χ0n) is 6.98. The molecule has 0 aliphatic carbocycles. The Hall–Kier alpha value is -1.02. The first-order valence-electron chi connectivity index (χ1n) is 3.41. The van der Waals surface area contributed by atoms with Crippen LogP contribution in [0.4, 0.5) is 5.82 Å². The zero-order chi connectivity index (χ0) is 9.35. The van der Waals surface area contributed by atoms with Crippen LogP contribution in [-0.4, -0.2) is 23.4 Å². The molecule has 0 atom stereocenters. The molecule has 1 heterocycles. The Morgan fingerprint density at radius 1 is 1.58 bits per heavy atom. The van der Waals surface area contributed by atoms with E-state index in [-0.39, 0.29) is 11.6 Å². The van der Waals surface area contributed by atoms with Crippen molar-refractivity contribution in [3.05, 3.63) is 12.3 Å². The van der Waals surface area contributed by atoms with Crippen molar-refractivity contribution < 1.29 is 9.67 Å². The molecule has 3 N–H and O–H groups in total. The van der Waals surface area contributed by atoms with E-state index in [0.29, 0.717) is 5.30 Å². The van der Waals surface area contributed by atoms with Gasteiger partial charge in [0.25, 0.3) is 0 Å². The zero-order valence-corrected chi connectivity index (χ0v) is 7.88. The molecule has 1 rings (SSSR count). The lowest BCUT2D eigenvalue weighted by molar-refractivity contribution is 0.473. The van der Waals surface area contributed by atoms with Gasteiger partial charge < -0.3 is 15.4 Å². The fourth-order valence-corrected chi connectivity index (χ4v) is 1.94. The van der Waals surface area contributed by atoms with Gasteiger partial charge in [-0.2, -0.15) is 0 Å². The van der Waals surface area contributed by atoms with Crippen LogP contribution >= 0.6 is 7.14 Å². The van der Waals surface area contributed by atoms with Gasteiger partial charge in [-0.1, -0.05) is 0 Å². The van der Waals surface area contributed by atoms with Crippen molar-refractivity contribution in [2.24, 2.45) is 0 Å². The van der Waals surface area contributed by atoms with E-state index >= 15 is 0 Å². The van der Waals surface area contributed by atoms with Gasteiger partial charge in [0.15, 0.2) is 0 Å². The summed E-state index contributed by atoms with van der Waals surface area (Å²) in [5.74, 6) is 0.212. The van der Waals surface area contributed by atoms with Gasteiger partial charge in [-0.15, -0.1) is 0 Å². The molecule has 0 saturated carbocycles. The SMILES string of the molecule is CP(C)(=O)c1cc(O)cnc1N. The van der Waals surface area contributed by atoms with E-state index in [4.69, 9.17) is 10.8 Å². The summed E-state index contributed by atoms with van der Waals surface area (Å²) in [7, 11) is -2.43. The van der Waals surface area contributed by atoms with Crippen molar-refractivity contribution in [2.45, 2.75) is 0 Å². The van der Waals surface area contributed by atoms with E-state index in [9.17, 15) is 4.57 Å². The lowest BCUT2D eigenvalue weighted by Crippen LogP contribution is -2.11. The van der Waals surface area contributed by atoms with Gasteiger partial charge in [0, 0.05) is 0 Å². The number of nitrogens with two attached hydrogens (primary N) is 1. The van der Waals surface area contributed by atoms with Crippen molar-refractivity contribution in [1.82, 2.24) is 4.98 Å². The first-order chi connectivity index (χ1) is 5.41. The molecule has 1 aromatic rings. The fourth-order valence-electron chi connectivity index (χ4n) is 0.884. The number of pyridine rings is 1. The van der Waals surface area contributed by atoms with Gasteiger partial charge >= 0.3 is 0 Å². The van der Waals surface area contributed by atoms with E-state index in [1.54, 1.807) is 13.3 Å². The normalized spacial score (nSPS) is 11.5. The van der Waals surface area contributed by atoms with E-state index < -0.39 is 7.14 Å². The number of nitrogens with zero attached hydrogens (tertiary/aromatic N) is 1. The number of aromatic nitrogens is 1. The summed E-state index contributed by atoms with van der Waals surface area (Å²) in [6.07, 6.45) is 1.23. The van der Waals surface area contributed by atoms with Crippen LogP contribution in [0.1, 0.15) is 0 Å². The molecular formula is C7H11N2O2P. The molecule has 0 unspecified atom stereocenters. The molecule has 0 aromatic carbocycles. The number of anilines is 1. The van der Waals surface area contributed by atoms with E-state index in [1.807, 2.05) is 0 Å². The second-order valence-electron chi connectivity index (χ2n) is 2.95. The average molecular weight is 186 g/mol. The molecule has 4 nitrogen and oxygen atoms in total. The Morgan fingerprint density at radius 2 is 2.17 bits per heavy atom. The molecule has 5 heteroatoms. The molecule has 0 spiro atoms. The standard InChI is InChI=1S/C7H11N2O2P/c1-12(2,11)6-3-5(10)4-9-7(6)8/h3-4,10H,1-2H3,(H2,8,9). The first-order valence-corrected chi connectivity index (χ1v) is 6.01. The van der Waals surface area contributed by atoms with E-state index in [0.717, 1.165) is 0 Å². The number of aromatic hydroxyl groups is 1. The highest BCUT2D eigenvalue weighted by Crippen LogP contribution is 2.37. The minimum atomic E-state index is -2.43. The molecule has 1 aromatic heterocycles. The van der Waals surface area contributed by atoms with Gasteiger partial charge in [0.2, 0.25) is 0 Å². The van der Waals surface area contributed by atoms with Gasteiger partial charge in [-0.25, -0.2) is 4.98 Å². The van der Waals surface area contributed by atoms with Crippen LogP contribution in [0.2, 0.25) is 0 Å². The maximum Gasteiger partial charge on any atom is 0.134 e. The molecule has 0 aliphatic rings. The lowest BCUT2D eigenvalue weighted by Gasteiger charge is -2.08. The van der Waals surface area contributed by atoms with Gasteiger partial charge in [0.1, 0.15) is 18.7 Å². The molecule has 0 bridgehead atoms. The Labute approximate surface area is 70.8 Å². The van der Waals surface area contributed by atoms with Crippen molar-refractivity contribution in [1.29, 1.82) is 0 Å². The number of hydrogen-bond donors (Lipinski definition) is 2. The monoisotopic (exact) mass is 186 g/mol. The van der Waals surface area contributed by atoms with Crippen molar-refractivity contribution >= 4 is 18.3 Å². The quantitative estimate of drug-likeness (QED) is 0.630. The Morgan fingerprint density at radius 3 is 2.58 bits per heavy atom. The van der Waals surface area contributed by atoms with Gasteiger partial charge in [-0.05, 0) is 19.4 Å². The molecule has 0 fully saturated rings. The lowest BCUT2D eigenvalue weighted by atomic mass is 10.4. The van der Waals surface area contributed by atoms with Crippen LogP contribution < -0.4 is 11.0 Å². The third-order valence-corrected chi connectivity index (χ3v) is 2.98. The van der Waals surface area contributed by atoms with Gasteiger partial charge in [-0.3, -0.25) is 0 Å². The Bertz CT molecular complexity index is 345. The maximum atomic E-state index is 11.6. The molecule has 66 valence electrons. The summed E-state index contributed by atoms with van der Waals surface area (Å²) in [5.41, 5.74) is 5.48. The molecular weight excluding hydrogens is 175 g/mol. The van der Waals surface area contributed by atoms with Crippen molar-refractivity contribution in [2.75, 3.05) is 19.1 Å². The Kier molecular flexibility index (Phi) is 2.11. The first kappa shape index (κ1) is 9.07. The third kappa shape index (κ3) is 1.77. The second-order valence-corrected chi connectivity index (χ2v) is 6.13. The third-order valence-electron chi connectivity index (χ3n) is 1.46. The summed E-state index contributed by atoms with van der Waals surface area (Å²) in [6.45, 7) is 3.17. The molecule has 0 amide bonds. The highest BCUT2D eigenvalue weighted by Gasteiger charge is 2.15. The van der Waals surface area contributed by atoms with E-state index in [2.05, 4.69) is 4.98 Å². The molecule has 12 heavy (non-hydrogen) atoms. The van der Waals surface area contributed by atoms with Gasteiger partial charge in [0.05, 0.1) is 11.5 Å². The van der Waals surface area contributed by atoms with Crippen molar-refractivity contribution in [3.63, 3.8) is 0 Å². The Balaban J connectivity index is 3.33. The second kappa shape index (κ2) is 2.79. The number of nitrogen functional groups attached to an aromatic ring is 1. The minimum Gasteiger partial charge on any atom is -0.506 e. The van der Waals surface area contributed by atoms with E-state index in [1.165, 1.54) is 12.3 Å². The fraction of sp³-hybridized carbons (Fsp3) is 0.286. The molecule has 0 saturated heterocycles. The van der Waals surface area contributed by atoms with Crippen LogP contribution in [-0.2, 0) is 4.57 Å². The predicted molar refractivity (Wildman–Crippen MR) is 49.4 cm³/mol. The van der Waals surface area contributed by atoms with Crippen LogP contribution in [0.5, 0.6) is 5.75 Å². The van der Waals surface area contributed by atoms with Crippen LogP contribution in [0.3, 0.4) is 0 Å². The maximum absolute atomic E-state index is 11.6. The van der Waals surface area contributed by atoms with Crippen LogP contribution in [0.15, 0.2) is 12.3 Å². The van der Waals surface area contributed by atoms with Crippen molar-refractivity contribution in [3.8, 4) is 5.75 Å². The number of rotatable bonds is 1. The molecule has 0 aliphatic heterocycles. The molecule has 0 radical (unpaired) electrons. The predicted octanol–water partition coefficient (Wildman–Crippen LogP) is 0.617. The highest BCUT2D eigenvalue weighted by atomic mass is 31.2. The smallest absolute Gasteiger partial charge is 0.134 e. The summed E-state index contributed by atoms with van der Waals surface area (Å²) in [6, 6.07) is 1.39. The highest BCUT2D eigenvalue weighted by molar-refractivity contribution is 7.70. The minimum absolute atomic E-state index is 0.0110. The van der Waals surface area contributed by atoms with Crippen LogP contribution in [0, 0.1) is 0 Å².